The van der Waals surface area contributed by atoms with Gasteiger partial charge < -0.3 is 4.74 Å². The summed E-state index contributed by atoms with van der Waals surface area (Å²) >= 11 is 1.84. The fraction of sp³-hybridized carbons (Fsp3) is 0.450. The Hall–Kier alpha value is -1.41. The molecular weight excluding hydrogens is 380 g/mol. The molecule has 0 N–H and O–H groups in total. The van der Waals surface area contributed by atoms with Crippen LogP contribution in [0.2, 0.25) is 0 Å². The first-order valence-corrected chi connectivity index (χ1v) is 11.5. The molecule has 2 aliphatic heterocycles. The number of pyridine rings is 1. The van der Waals surface area contributed by atoms with Gasteiger partial charge in [-0.15, -0.1) is 11.8 Å². The lowest BCUT2D eigenvalue weighted by Crippen LogP contribution is -2.60. The lowest BCUT2D eigenvalue weighted by Gasteiger charge is -2.46. The number of benzene rings is 1. The molecule has 2 saturated heterocycles. The molecule has 2 aliphatic rings. The minimum absolute atomic E-state index is 0.000717. The summed E-state index contributed by atoms with van der Waals surface area (Å²) in [6.45, 7) is 5.50. The molecule has 2 aromatic rings. The van der Waals surface area contributed by atoms with Crippen LogP contribution in [0.5, 0.6) is 0 Å². The van der Waals surface area contributed by atoms with Crippen LogP contribution in [-0.4, -0.2) is 47.4 Å². The topological polar surface area (TPSA) is 59.5 Å². The molecule has 7 heteroatoms. The van der Waals surface area contributed by atoms with Gasteiger partial charge in [-0.2, -0.15) is 4.31 Å². The van der Waals surface area contributed by atoms with Crippen LogP contribution in [0.4, 0.5) is 0 Å². The molecule has 5 nitrogen and oxygen atoms in total. The molecule has 0 unspecified atom stereocenters. The predicted molar refractivity (Wildman–Crippen MR) is 107 cm³/mol. The Bertz CT molecular complexity index is 905. The second-order valence-corrected chi connectivity index (χ2v) is 11.0. The van der Waals surface area contributed by atoms with E-state index in [4.69, 9.17) is 4.74 Å². The third-order valence-electron chi connectivity index (χ3n) is 5.13. The molecule has 1 aromatic heterocycles. The van der Waals surface area contributed by atoms with Crippen LogP contribution >= 0.6 is 11.8 Å². The van der Waals surface area contributed by atoms with Gasteiger partial charge in [-0.1, -0.05) is 12.1 Å². The van der Waals surface area contributed by atoms with E-state index in [2.05, 4.69) is 4.98 Å². The van der Waals surface area contributed by atoms with E-state index < -0.39 is 10.0 Å². The van der Waals surface area contributed by atoms with Gasteiger partial charge in [0.15, 0.2) is 0 Å². The third-order valence-corrected chi connectivity index (χ3v) is 8.48. The highest BCUT2D eigenvalue weighted by Gasteiger charge is 2.53. The van der Waals surface area contributed by atoms with Gasteiger partial charge in [-0.05, 0) is 55.7 Å². The Balaban J connectivity index is 1.36. The Morgan fingerprint density at radius 3 is 2.63 bits per heavy atom. The summed E-state index contributed by atoms with van der Waals surface area (Å²) in [5, 5.41) is 0. The van der Waals surface area contributed by atoms with Gasteiger partial charge >= 0.3 is 0 Å². The monoisotopic (exact) mass is 404 g/mol. The first-order chi connectivity index (χ1) is 12.9. The first-order valence-electron chi connectivity index (χ1n) is 9.10. The van der Waals surface area contributed by atoms with Gasteiger partial charge in [-0.3, -0.25) is 4.98 Å². The van der Waals surface area contributed by atoms with E-state index in [-0.39, 0.29) is 10.9 Å². The Kier molecular flexibility index (Phi) is 5.05. The molecule has 0 bridgehead atoms. The van der Waals surface area contributed by atoms with Crippen molar-refractivity contribution in [2.75, 3.05) is 18.8 Å². The number of aromatic nitrogens is 1. The number of hydrogen-bond acceptors (Lipinski definition) is 5. The summed E-state index contributed by atoms with van der Waals surface area (Å²) in [7, 11) is -3.41. The van der Waals surface area contributed by atoms with Crippen molar-refractivity contribution in [3.05, 3.63) is 59.4 Å². The summed E-state index contributed by atoms with van der Waals surface area (Å²) in [6.07, 6.45) is 2.82. The van der Waals surface area contributed by atoms with E-state index in [0.717, 1.165) is 29.0 Å². The lowest BCUT2D eigenvalue weighted by atomic mass is 9.95. The van der Waals surface area contributed by atoms with Crippen LogP contribution in [0.15, 0.2) is 47.5 Å². The molecule has 2 fully saturated rings. The van der Waals surface area contributed by atoms with Crippen LogP contribution in [0.25, 0.3) is 0 Å². The number of nitrogens with zero attached hydrogens (tertiary/aromatic N) is 2. The van der Waals surface area contributed by atoms with Crippen LogP contribution in [0.1, 0.15) is 23.2 Å². The van der Waals surface area contributed by atoms with E-state index in [0.29, 0.717) is 24.6 Å². The van der Waals surface area contributed by atoms with Crippen LogP contribution in [-0.2, 0) is 21.4 Å². The molecule has 0 aliphatic carbocycles. The van der Waals surface area contributed by atoms with Crippen molar-refractivity contribution in [1.29, 1.82) is 0 Å². The molecule has 0 radical (unpaired) electrons. The number of aryl methyl sites for hydroxylation is 2. The highest BCUT2D eigenvalue weighted by molar-refractivity contribution is 8.01. The van der Waals surface area contributed by atoms with Crippen molar-refractivity contribution in [3.8, 4) is 0 Å². The van der Waals surface area contributed by atoms with E-state index in [1.54, 1.807) is 22.6 Å². The van der Waals surface area contributed by atoms with Gasteiger partial charge in [0.2, 0.25) is 10.0 Å². The summed E-state index contributed by atoms with van der Waals surface area (Å²) < 4.78 is 33.5. The maximum absolute atomic E-state index is 12.9. The van der Waals surface area contributed by atoms with Crippen molar-refractivity contribution < 1.29 is 13.2 Å². The van der Waals surface area contributed by atoms with E-state index in [9.17, 15) is 8.42 Å². The van der Waals surface area contributed by atoms with Gasteiger partial charge in [0.05, 0.1) is 23.3 Å². The largest absolute Gasteiger partial charge is 0.371 e. The van der Waals surface area contributed by atoms with Gasteiger partial charge in [0.1, 0.15) is 0 Å². The van der Waals surface area contributed by atoms with E-state index in [1.165, 1.54) is 0 Å². The molecule has 1 spiro atoms. The average molecular weight is 405 g/mol. The van der Waals surface area contributed by atoms with Crippen LogP contribution < -0.4 is 0 Å². The zero-order valence-corrected chi connectivity index (χ0v) is 17.2. The number of sulfonamides is 1. The summed E-state index contributed by atoms with van der Waals surface area (Å²) in [4.78, 5) is 4.69. The SMILES string of the molecule is Cc1cc(C)cc(S(=O)(=O)N2CC3(C[C@H](OCc4ccccn4)CS3)C2)c1. The smallest absolute Gasteiger partial charge is 0.243 e. The zero-order chi connectivity index (χ0) is 19.1. The fourth-order valence-electron chi connectivity index (χ4n) is 3.81. The number of hydrogen-bond donors (Lipinski definition) is 0. The quantitative estimate of drug-likeness (QED) is 0.766. The molecule has 0 saturated carbocycles. The van der Waals surface area contributed by atoms with Crippen molar-refractivity contribution in [1.82, 2.24) is 9.29 Å². The first kappa shape index (κ1) is 18.9. The van der Waals surface area contributed by atoms with Gasteiger partial charge in [0.25, 0.3) is 0 Å². The third kappa shape index (κ3) is 3.92. The molecule has 1 aromatic carbocycles. The molecule has 1 atom stereocenters. The van der Waals surface area contributed by atoms with Crippen LogP contribution in [0, 0.1) is 13.8 Å². The Morgan fingerprint density at radius 2 is 1.96 bits per heavy atom. The van der Waals surface area contributed by atoms with Crippen molar-refractivity contribution in [3.63, 3.8) is 0 Å². The Labute approximate surface area is 165 Å². The minimum atomic E-state index is -3.41. The van der Waals surface area contributed by atoms with Gasteiger partial charge in [0, 0.05) is 29.8 Å². The molecular formula is C20H24N2O3S2. The molecule has 27 heavy (non-hydrogen) atoms. The maximum Gasteiger partial charge on any atom is 0.243 e. The molecule has 144 valence electrons. The Morgan fingerprint density at radius 1 is 1.22 bits per heavy atom. The summed E-state index contributed by atoms with van der Waals surface area (Å²) in [6, 6.07) is 11.3. The predicted octanol–water partition coefficient (Wildman–Crippen LogP) is 3.16. The lowest BCUT2D eigenvalue weighted by molar-refractivity contribution is 0.0380. The maximum atomic E-state index is 12.9. The van der Waals surface area contributed by atoms with Gasteiger partial charge in [-0.25, -0.2) is 8.42 Å². The average Bonchev–Trinajstić information content (AvgIpc) is 3.04. The normalized spacial score (nSPS) is 22.1. The van der Waals surface area contributed by atoms with E-state index in [1.807, 2.05) is 49.9 Å². The fourth-order valence-corrected chi connectivity index (χ4v) is 7.33. The second kappa shape index (κ2) is 7.20. The van der Waals surface area contributed by atoms with Crippen molar-refractivity contribution in [2.24, 2.45) is 0 Å². The molecule has 0 amide bonds. The number of ether oxygens (including phenoxy) is 1. The zero-order valence-electron chi connectivity index (χ0n) is 15.6. The highest BCUT2D eigenvalue weighted by atomic mass is 32.2. The second-order valence-electron chi connectivity index (χ2n) is 7.55. The number of thioether (sulfide) groups is 1. The minimum Gasteiger partial charge on any atom is -0.371 e. The van der Waals surface area contributed by atoms with E-state index >= 15 is 0 Å². The molecule has 4 rings (SSSR count). The van der Waals surface area contributed by atoms with Crippen molar-refractivity contribution >= 4 is 21.8 Å². The molecule has 3 heterocycles. The summed E-state index contributed by atoms with van der Waals surface area (Å²) in [5.41, 5.74) is 2.88. The highest BCUT2D eigenvalue weighted by Crippen LogP contribution is 2.47. The summed E-state index contributed by atoms with van der Waals surface area (Å²) in [5.74, 6) is 0.907. The van der Waals surface area contributed by atoms with Crippen LogP contribution in [0.3, 0.4) is 0 Å². The number of rotatable bonds is 5. The standard InChI is InChI=1S/C20H24N2O3S2/c1-15-7-16(2)9-19(8-15)27(23,24)22-13-20(14-22)10-18(12-26-20)25-11-17-5-3-4-6-21-17/h3-9,18H,10-14H2,1-2H3/t18-/m0/s1. The van der Waals surface area contributed by atoms with Crippen molar-refractivity contribution in [2.45, 2.75) is 42.6 Å².